The summed E-state index contributed by atoms with van der Waals surface area (Å²) in [6, 6.07) is 20.0. The molecule has 0 radical (unpaired) electrons. The van der Waals surface area contributed by atoms with E-state index in [1.54, 1.807) is 0 Å². The molecular formula is C24H27N5O3S. The number of nitrogens with zero attached hydrogens (tertiary/aromatic N) is 5. The minimum Gasteiger partial charge on any atom is -0.378 e. The summed E-state index contributed by atoms with van der Waals surface area (Å²) >= 11 is 1.45. The van der Waals surface area contributed by atoms with Crippen molar-refractivity contribution in [3.8, 4) is 5.69 Å². The molecule has 2 aromatic carbocycles. The molecule has 1 aromatic heterocycles. The molecule has 1 amide bonds. The molecule has 5 rings (SSSR count). The van der Waals surface area contributed by atoms with E-state index in [-0.39, 0.29) is 5.91 Å². The Morgan fingerprint density at radius 1 is 0.818 bits per heavy atom. The van der Waals surface area contributed by atoms with Crippen LogP contribution in [0, 0.1) is 0 Å². The molecular weight excluding hydrogens is 438 g/mol. The zero-order valence-corrected chi connectivity index (χ0v) is 19.2. The second-order valence-electron chi connectivity index (χ2n) is 7.90. The minimum absolute atomic E-state index is 0.0741. The number of hydrogen-bond acceptors (Lipinski definition) is 7. The molecule has 3 heterocycles. The largest absolute Gasteiger partial charge is 0.378 e. The van der Waals surface area contributed by atoms with Crippen molar-refractivity contribution in [2.75, 3.05) is 57.5 Å². The quantitative estimate of drug-likeness (QED) is 0.519. The first kappa shape index (κ1) is 21.9. The van der Waals surface area contributed by atoms with E-state index < -0.39 is 5.25 Å². The van der Waals surface area contributed by atoms with Gasteiger partial charge in [0.2, 0.25) is 11.9 Å². The second-order valence-corrected chi connectivity index (χ2v) is 8.97. The number of ether oxygens (including phenoxy) is 2. The number of carbonyl (C=O) groups is 1. The fourth-order valence-electron chi connectivity index (χ4n) is 4.05. The van der Waals surface area contributed by atoms with Gasteiger partial charge in [0, 0.05) is 26.2 Å². The number of aromatic nitrogens is 3. The molecule has 1 unspecified atom stereocenters. The van der Waals surface area contributed by atoms with E-state index in [2.05, 4.69) is 19.7 Å². The molecule has 0 saturated carbocycles. The highest BCUT2D eigenvalue weighted by Crippen LogP contribution is 2.38. The van der Waals surface area contributed by atoms with Crippen molar-refractivity contribution in [2.45, 2.75) is 10.4 Å². The fraction of sp³-hybridized carbons (Fsp3) is 0.375. The summed E-state index contributed by atoms with van der Waals surface area (Å²) in [7, 11) is 0. The van der Waals surface area contributed by atoms with Crippen LogP contribution in [0.1, 0.15) is 10.8 Å². The van der Waals surface area contributed by atoms with E-state index in [1.807, 2.05) is 65.6 Å². The van der Waals surface area contributed by atoms with Crippen LogP contribution in [0.15, 0.2) is 65.8 Å². The Labute approximate surface area is 197 Å². The molecule has 9 heteroatoms. The lowest BCUT2D eigenvalue weighted by atomic mass is 10.1. The van der Waals surface area contributed by atoms with E-state index in [0.717, 1.165) is 30.3 Å². The van der Waals surface area contributed by atoms with Gasteiger partial charge in [-0.05, 0) is 17.7 Å². The molecule has 1 atom stereocenters. The van der Waals surface area contributed by atoms with Crippen molar-refractivity contribution in [2.24, 2.45) is 0 Å². The highest BCUT2D eigenvalue weighted by Gasteiger charge is 2.31. The predicted molar refractivity (Wildman–Crippen MR) is 127 cm³/mol. The Morgan fingerprint density at radius 3 is 2.09 bits per heavy atom. The Bertz CT molecular complexity index is 1050. The normalized spacial score (nSPS) is 17.7. The van der Waals surface area contributed by atoms with Crippen LogP contribution < -0.4 is 4.90 Å². The highest BCUT2D eigenvalue weighted by atomic mass is 32.2. The average Bonchev–Trinajstić information content (AvgIpc) is 3.32. The highest BCUT2D eigenvalue weighted by molar-refractivity contribution is 8.00. The van der Waals surface area contributed by atoms with Crippen LogP contribution in [-0.2, 0) is 14.3 Å². The van der Waals surface area contributed by atoms with Gasteiger partial charge in [0.05, 0.1) is 32.1 Å². The number of thioether (sulfide) groups is 1. The van der Waals surface area contributed by atoms with Gasteiger partial charge in [-0.3, -0.25) is 9.36 Å². The van der Waals surface area contributed by atoms with Gasteiger partial charge in [-0.2, -0.15) is 0 Å². The van der Waals surface area contributed by atoms with Crippen LogP contribution in [0.3, 0.4) is 0 Å². The number of morpholine rings is 2. The maximum absolute atomic E-state index is 13.6. The Kier molecular flexibility index (Phi) is 6.89. The van der Waals surface area contributed by atoms with Gasteiger partial charge >= 0.3 is 0 Å². The fourth-order valence-corrected chi connectivity index (χ4v) is 5.19. The van der Waals surface area contributed by atoms with Crippen molar-refractivity contribution < 1.29 is 14.3 Å². The molecule has 2 aliphatic rings. The lowest BCUT2D eigenvalue weighted by molar-refractivity contribution is -0.134. The molecule has 8 nitrogen and oxygen atoms in total. The molecule has 33 heavy (non-hydrogen) atoms. The van der Waals surface area contributed by atoms with Crippen LogP contribution in [0.4, 0.5) is 5.95 Å². The molecule has 2 aliphatic heterocycles. The van der Waals surface area contributed by atoms with Gasteiger partial charge in [0.1, 0.15) is 5.25 Å². The third-order valence-electron chi connectivity index (χ3n) is 5.80. The summed E-state index contributed by atoms with van der Waals surface area (Å²) in [6.07, 6.45) is 0. The molecule has 0 bridgehead atoms. The zero-order valence-electron chi connectivity index (χ0n) is 18.4. The van der Waals surface area contributed by atoms with Crippen molar-refractivity contribution in [1.29, 1.82) is 0 Å². The molecule has 2 saturated heterocycles. The summed E-state index contributed by atoms with van der Waals surface area (Å²) < 4.78 is 13.0. The number of rotatable bonds is 6. The van der Waals surface area contributed by atoms with Crippen LogP contribution in [0.2, 0.25) is 0 Å². The van der Waals surface area contributed by atoms with E-state index in [1.165, 1.54) is 11.8 Å². The van der Waals surface area contributed by atoms with Crippen LogP contribution in [-0.4, -0.2) is 78.2 Å². The molecule has 2 fully saturated rings. The smallest absolute Gasteiger partial charge is 0.240 e. The number of anilines is 1. The number of benzene rings is 2. The molecule has 0 spiro atoms. The Balaban J connectivity index is 1.52. The van der Waals surface area contributed by atoms with E-state index in [0.29, 0.717) is 44.7 Å². The predicted octanol–water partition coefficient (Wildman–Crippen LogP) is 2.80. The van der Waals surface area contributed by atoms with E-state index in [4.69, 9.17) is 9.47 Å². The molecule has 172 valence electrons. The number of carbonyl (C=O) groups excluding carboxylic acids is 1. The van der Waals surface area contributed by atoms with Gasteiger partial charge in [0.25, 0.3) is 0 Å². The molecule has 0 N–H and O–H groups in total. The van der Waals surface area contributed by atoms with Gasteiger partial charge < -0.3 is 19.3 Å². The molecule has 3 aromatic rings. The summed E-state index contributed by atoms with van der Waals surface area (Å²) in [5, 5.41) is 9.38. The topological polar surface area (TPSA) is 72.7 Å². The standard InChI is InChI=1S/C24H27N5O3S/c30-22(27-11-15-31-16-12-27)21(19-7-3-1-4-8-19)33-24-26-25-23(28-13-17-32-18-14-28)29(24)20-9-5-2-6-10-20/h1-10,21H,11-18H2. The molecule has 0 aliphatic carbocycles. The number of para-hydroxylation sites is 1. The maximum Gasteiger partial charge on any atom is 0.240 e. The summed E-state index contributed by atoms with van der Waals surface area (Å²) in [5.41, 5.74) is 1.92. The Morgan fingerprint density at radius 2 is 1.42 bits per heavy atom. The third-order valence-corrected chi connectivity index (χ3v) is 6.98. The summed E-state index contributed by atoms with van der Waals surface area (Å²) in [4.78, 5) is 17.7. The van der Waals surface area contributed by atoms with Crippen LogP contribution >= 0.6 is 11.8 Å². The average molecular weight is 466 g/mol. The lowest BCUT2D eigenvalue weighted by Crippen LogP contribution is -2.42. The van der Waals surface area contributed by atoms with Crippen LogP contribution in [0.5, 0.6) is 0 Å². The van der Waals surface area contributed by atoms with Gasteiger partial charge in [-0.1, -0.05) is 60.3 Å². The first-order valence-corrected chi connectivity index (χ1v) is 12.1. The monoisotopic (exact) mass is 465 g/mol. The van der Waals surface area contributed by atoms with Crippen molar-refractivity contribution in [3.05, 3.63) is 66.2 Å². The SMILES string of the molecule is O=C(C(Sc1nnc(N2CCOCC2)n1-c1ccccc1)c1ccccc1)N1CCOCC1. The Hall–Kier alpha value is -2.88. The minimum atomic E-state index is -0.423. The third kappa shape index (κ3) is 4.90. The van der Waals surface area contributed by atoms with Crippen molar-refractivity contribution in [1.82, 2.24) is 19.7 Å². The summed E-state index contributed by atoms with van der Waals surface area (Å²) in [5.74, 6) is 0.850. The van der Waals surface area contributed by atoms with Crippen molar-refractivity contribution in [3.63, 3.8) is 0 Å². The lowest BCUT2D eigenvalue weighted by Gasteiger charge is -2.30. The zero-order chi connectivity index (χ0) is 22.5. The van der Waals surface area contributed by atoms with Gasteiger partial charge in [0.15, 0.2) is 5.16 Å². The first-order chi connectivity index (χ1) is 16.3. The first-order valence-electron chi connectivity index (χ1n) is 11.2. The van der Waals surface area contributed by atoms with E-state index in [9.17, 15) is 4.79 Å². The van der Waals surface area contributed by atoms with Crippen molar-refractivity contribution >= 4 is 23.6 Å². The van der Waals surface area contributed by atoms with E-state index >= 15 is 0 Å². The van der Waals surface area contributed by atoms with Gasteiger partial charge in [-0.15, -0.1) is 10.2 Å². The van der Waals surface area contributed by atoms with Crippen LogP contribution in [0.25, 0.3) is 5.69 Å². The second kappa shape index (κ2) is 10.4. The maximum atomic E-state index is 13.6. The summed E-state index contributed by atoms with van der Waals surface area (Å²) in [6.45, 7) is 5.17. The number of hydrogen-bond donors (Lipinski definition) is 0. The number of amides is 1. The van der Waals surface area contributed by atoms with Gasteiger partial charge in [-0.25, -0.2) is 0 Å².